The van der Waals surface area contributed by atoms with Crippen LogP contribution in [0.1, 0.15) is 18.6 Å². The minimum Gasteiger partial charge on any atom is -0.386 e. The Morgan fingerprint density at radius 2 is 1.91 bits per heavy atom. The number of aliphatic hydroxyl groups excluding tert-OH is 1. The van der Waals surface area contributed by atoms with E-state index in [1.54, 1.807) is 0 Å². The van der Waals surface area contributed by atoms with Crippen molar-refractivity contribution >= 4 is 22.2 Å². The van der Waals surface area contributed by atoms with Crippen molar-refractivity contribution in [2.45, 2.75) is 30.0 Å². The van der Waals surface area contributed by atoms with Gasteiger partial charge in [-0.3, -0.25) is 9.59 Å². The molecule has 0 heterocycles. The maximum atomic E-state index is 13.1. The Labute approximate surface area is 133 Å². The van der Waals surface area contributed by atoms with E-state index >= 15 is 0 Å². The molecule has 0 spiro atoms. The monoisotopic (exact) mass is 346 g/mol. The lowest BCUT2D eigenvalue weighted by atomic mass is 10.0. The smallest absolute Gasteiger partial charge is 0.242 e. The quantitative estimate of drug-likeness (QED) is 0.560. The van der Waals surface area contributed by atoms with Crippen molar-refractivity contribution in [3.63, 3.8) is 0 Å². The summed E-state index contributed by atoms with van der Waals surface area (Å²) in [5.41, 5.74) is 0.261. The Morgan fingerprint density at radius 3 is 2.35 bits per heavy atom. The first kappa shape index (κ1) is 19.0. The van der Waals surface area contributed by atoms with E-state index in [9.17, 15) is 27.5 Å². The van der Waals surface area contributed by atoms with Gasteiger partial charge in [-0.1, -0.05) is 12.1 Å². The number of carbonyl (C=O) groups excluding carboxylic acids is 2. The average Bonchev–Trinajstić information content (AvgIpc) is 2.51. The molecule has 0 unspecified atom stereocenters. The summed E-state index contributed by atoms with van der Waals surface area (Å²) in [6.45, 7) is 0.376. The summed E-state index contributed by atoms with van der Waals surface area (Å²) in [6.07, 6.45) is 0.0282. The Hall–Kier alpha value is -2.00. The summed E-state index contributed by atoms with van der Waals surface area (Å²) in [7, 11) is -3.37. The second kappa shape index (κ2) is 8.02. The maximum Gasteiger partial charge on any atom is 0.242 e. The van der Waals surface area contributed by atoms with Gasteiger partial charge in [-0.2, -0.15) is 0 Å². The molecule has 0 aromatic heterocycles. The van der Waals surface area contributed by atoms with Crippen molar-refractivity contribution in [2.24, 2.45) is 0 Å². The zero-order valence-corrected chi connectivity index (χ0v) is 13.5. The van der Waals surface area contributed by atoms with Crippen LogP contribution in [0.25, 0.3) is 0 Å². The Kier molecular flexibility index (Phi) is 6.64. The molecule has 1 rings (SSSR count). The molecule has 0 aliphatic carbocycles. The van der Waals surface area contributed by atoms with Crippen molar-refractivity contribution in [3.8, 4) is 0 Å². The molecule has 9 heteroatoms. The lowest BCUT2D eigenvalue weighted by Crippen LogP contribution is -2.48. The fourth-order valence-corrected chi connectivity index (χ4v) is 2.46. The number of carbonyl (C=O) groups is 2. The van der Waals surface area contributed by atoms with E-state index in [4.69, 9.17) is 0 Å². The van der Waals surface area contributed by atoms with E-state index in [0.29, 0.717) is 6.41 Å². The SMILES string of the molecule is C[C@H](NC=O)C(=O)N[C@H](CF)[C@H](O)c1ccc(S(C)(=O)=O)cc1. The van der Waals surface area contributed by atoms with Gasteiger partial charge >= 0.3 is 0 Å². The molecule has 1 aromatic rings. The zero-order valence-electron chi connectivity index (χ0n) is 12.7. The average molecular weight is 346 g/mol. The van der Waals surface area contributed by atoms with Crippen LogP contribution in [0.5, 0.6) is 0 Å². The van der Waals surface area contributed by atoms with Crippen LogP contribution in [0.2, 0.25) is 0 Å². The number of rotatable bonds is 8. The molecule has 0 saturated heterocycles. The van der Waals surface area contributed by atoms with Crippen LogP contribution in [0.15, 0.2) is 29.2 Å². The van der Waals surface area contributed by atoms with Crippen molar-refractivity contribution in [3.05, 3.63) is 29.8 Å². The topological polar surface area (TPSA) is 113 Å². The number of hydrogen-bond donors (Lipinski definition) is 3. The molecular weight excluding hydrogens is 327 g/mol. The van der Waals surface area contributed by atoms with Gasteiger partial charge in [0.2, 0.25) is 12.3 Å². The van der Waals surface area contributed by atoms with Gasteiger partial charge in [0.25, 0.3) is 0 Å². The molecule has 0 fully saturated rings. The molecule has 7 nitrogen and oxygen atoms in total. The molecular formula is C14H19FN2O5S. The highest BCUT2D eigenvalue weighted by molar-refractivity contribution is 7.90. The summed E-state index contributed by atoms with van der Waals surface area (Å²) in [4.78, 5) is 22.1. The van der Waals surface area contributed by atoms with Gasteiger partial charge < -0.3 is 15.7 Å². The van der Waals surface area contributed by atoms with Crippen LogP contribution < -0.4 is 10.6 Å². The summed E-state index contributed by atoms with van der Waals surface area (Å²) in [5.74, 6) is -0.647. The molecule has 23 heavy (non-hydrogen) atoms. The number of amides is 2. The van der Waals surface area contributed by atoms with E-state index < -0.39 is 40.6 Å². The first-order valence-electron chi connectivity index (χ1n) is 6.74. The first-order valence-corrected chi connectivity index (χ1v) is 8.64. The maximum absolute atomic E-state index is 13.1. The molecule has 0 bridgehead atoms. The molecule has 0 saturated carbocycles. The van der Waals surface area contributed by atoms with Crippen LogP contribution in [0.3, 0.4) is 0 Å². The van der Waals surface area contributed by atoms with Gasteiger partial charge in [0.15, 0.2) is 9.84 Å². The third-order valence-electron chi connectivity index (χ3n) is 3.24. The number of halogens is 1. The van der Waals surface area contributed by atoms with E-state index in [2.05, 4.69) is 10.6 Å². The van der Waals surface area contributed by atoms with Crippen molar-refractivity contribution in [1.29, 1.82) is 0 Å². The second-order valence-electron chi connectivity index (χ2n) is 5.06. The van der Waals surface area contributed by atoms with Gasteiger partial charge in [0, 0.05) is 6.26 Å². The van der Waals surface area contributed by atoms with E-state index in [-0.39, 0.29) is 10.5 Å². The van der Waals surface area contributed by atoms with Gasteiger partial charge in [-0.05, 0) is 24.6 Å². The van der Waals surface area contributed by atoms with E-state index in [0.717, 1.165) is 6.26 Å². The second-order valence-corrected chi connectivity index (χ2v) is 7.08. The normalized spacial score (nSPS) is 15.3. The minimum absolute atomic E-state index is 0.0677. The number of nitrogens with one attached hydrogen (secondary N) is 2. The van der Waals surface area contributed by atoms with Crippen LogP contribution >= 0.6 is 0 Å². The number of hydrogen-bond acceptors (Lipinski definition) is 5. The minimum atomic E-state index is -3.37. The highest BCUT2D eigenvalue weighted by Gasteiger charge is 2.25. The summed E-state index contributed by atoms with van der Waals surface area (Å²) in [6, 6.07) is 3.19. The number of alkyl halides is 1. The first-order chi connectivity index (χ1) is 10.7. The summed E-state index contributed by atoms with van der Waals surface area (Å²) < 4.78 is 35.9. The molecule has 128 valence electrons. The summed E-state index contributed by atoms with van der Waals surface area (Å²) in [5, 5.41) is 14.6. The highest BCUT2D eigenvalue weighted by atomic mass is 32.2. The highest BCUT2D eigenvalue weighted by Crippen LogP contribution is 2.20. The number of benzene rings is 1. The fourth-order valence-electron chi connectivity index (χ4n) is 1.83. The van der Waals surface area contributed by atoms with Crippen LogP contribution in [-0.4, -0.2) is 50.9 Å². The predicted octanol–water partition coefficient (Wildman–Crippen LogP) is -0.288. The Morgan fingerprint density at radius 1 is 1.35 bits per heavy atom. The lowest BCUT2D eigenvalue weighted by Gasteiger charge is -2.23. The molecule has 0 radical (unpaired) electrons. The van der Waals surface area contributed by atoms with Gasteiger partial charge in [-0.15, -0.1) is 0 Å². The third kappa shape index (κ3) is 5.29. The largest absolute Gasteiger partial charge is 0.386 e. The molecule has 3 N–H and O–H groups in total. The van der Waals surface area contributed by atoms with Crippen molar-refractivity contribution in [2.75, 3.05) is 12.9 Å². The van der Waals surface area contributed by atoms with Crippen molar-refractivity contribution in [1.82, 2.24) is 10.6 Å². The number of aliphatic hydroxyl groups is 1. The Balaban J connectivity index is 2.86. The summed E-state index contributed by atoms with van der Waals surface area (Å²) >= 11 is 0. The Bertz CT molecular complexity index is 648. The molecule has 1 aromatic carbocycles. The van der Waals surface area contributed by atoms with Crippen LogP contribution in [-0.2, 0) is 19.4 Å². The van der Waals surface area contributed by atoms with Gasteiger partial charge in [0.05, 0.1) is 10.9 Å². The lowest BCUT2D eigenvalue weighted by molar-refractivity contribution is -0.126. The van der Waals surface area contributed by atoms with E-state index in [1.807, 2.05) is 0 Å². The molecule has 3 atom stereocenters. The molecule has 0 aliphatic heterocycles. The molecule has 2 amide bonds. The standard InChI is InChI=1S/C14H19FN2O5S/c1-9(16-8-18)14(20)17-12(7-15)13(19)10-3-5-11(6-4-10)23(2,21)22/h3-6,8-9,12-13,19H,7H2,1-2H3,(H,16,18)(H,17,20)/t9-,12+,13+/m0/s1. The molecule has 0 aliphatic rings. The fraction of sp³-hybridized carbons (Fsp3) is 0.429. The van der Waals surface area contributed by atoms with Crippen LogP contribution in [0.4, 0.5) is 4.39 Å². The number of sulfone groups is 1. The van der Waals surface area contributed by atoms with E-state index in [1.165, 1.54) is 31.2 Å². The van der Waals surface area contributed by atoms with Gasteiger partial charge in [0.1, 0.15) is 18.8 Å². The van der Waals surface area contributed by atoms with Crippen LogP contribution in [0, 0.1) is 0 Å². The van der Waals surface area contributed by atoms with Gasteiger partial charge in [-0.25, -0.2) is 12.8 Å². The third-order valence-corrected chi connectivity index (χ3v) is 4.36. The van der Waals surface area contributed by atoms with Crippen molar-refractivity contribution < 1.29 is 27.5 Å². The predicted molar refractivity (Wildman–Crippen MR) is 81.1 cm³/mol. The zero-order chi connectivity index (χ0) is 17.6.